The van der Waals surface area contributed by atoms with Crippen molar-refractivity contribution in [2.75, 3.05) is 0 Å². The second kappa shape index (κ2) is 7.24. The lowest BCUT2D eigenvalue weighted by atomic mass is 10.0. The zero-order valence-corrected chi connectivity index (χ0v) is 13.8. The molecule has 0 radical (unpaired) electrons. The zero-order chi connectivity index (χ0) is 15.3. The summed E-state index contributed by atoms with van der Waals surface area (Å²) >= 11 is 0. The van der Waals surface area contributed by atoms with Gasteiger partial charge in [-0.2, -0.15) is 0 Å². The molecule has 0 aliphatic rings. The van der Waals surface area contributed by atoms with Crippen molar-refractivity contribution in [3.05, 3.63) is 18.0 Å². The first-order valence-electron chi connectivity index (χ1n) is 7.19. The van der Waals surface area contributed by atoms with Crippen LogP contribution in [0.25, 0.3) is 0 Å². The van der Waals surface area contributed by atoms with E-state index < -0.39 is 10.0 Å². The minimum atomic E-state index is -3.44. The van der Waals surface area contributed by atoms with Gasteiger partial charge in [-0.05, 0) is 18.9 Å². The van der Waals surface area contributed by atoms with Crippen LogP contribution in [0.2, 0.25) is 0 Å². The first-order valence-corrected chi connectivity index (χ1v) is 8.67. The summed E-state index contributed by atoms with van der Waals surface area (Å²) in [6.07, 6.45) is 2.49. The Morgan fingerprint density at radius 1 is 1.25 bits per heavy atom. The molecule has 5 nitrogen and oxygen atoms in total. The summed E-state index contributed by atoms with van der Waals surface area (Å²) in [4.78, 5) is 3.30. The van der Waals surface area contributed by atoms with E-state index in [0.717, 1.165) is 12.1 Å². The molecule has 0 aliphatic carbocycles. The smallest absolute Gasteiger partial charge is 0.242 e. The Morgan fingerprint density at radius 2 is 1.90 bits per heavy atom. The third kappa shape index (κ3) is 4.92. The molecule has 6 heteroatoms. The average Bonchev–Trinajstić information content (AvgIpc) is 2.84. The molecule has 2 atom stereocenters. The molecule has 0 saturated carbocycles. The largest absolute Gasteiger partial charge is 0.363 e. The SMILES string of the molecule is CCC(C)C(C)NS(=O)(=O)c1c[nH]c(CNC(C)C)c1. The highest BCUT2D eigenvalue weighted by Gasteiger charge is 2.21. The van der Waals surface area contributed by atoms with Crippen LogP contribution in [-0.4, -0.2) is 25.5 Å². The van der Waals surface area contributed by atoms with E-state index in [4.69, 9.17) is 0 Å². The molecular formula is C14H27N3O2S. The summed E-state index contributed by atoms with van der Waals surface area (Å²) in [5.74, 6) is 0.311. The molecular weight excluding hydrogens is 274 g/mol. The normalized spacial score (nSPS) is 15.5. The molecule has 0 saturated heterocycles. The Hall–Kier alpha value is -0.850. The third-order valence-electron chi connectivity index (χ3n) is 3.57. The predicted molar refractivity (Wildman–Crippen MR) is 82.0 cm³/mol. The van der Waals surface area contributed by atoms with Gasteiger partial charge < -0.3 is 10.3 Å². The third-order valence-corrected chi connectivity index (χ3v) is 5.10. The van der Waals surface area contributed by atoms with Crippen LogP contribution in [0.1, 0.15) is 46.7 Å². The molecule has 0 aliphatic heterocycles. The van der Waals surface area contributed by atoms with E-state index in [1.165, 1.54) is 0 Å². The summed E-state index contributed by atoms with van der Waals surface area (Å²) in [6, 6.07) is 1.97. The van der Waals surface area contributed by atoms with Crippen LogP contribution >= 0.6 is 0 Å². The standard InChI is InChI=1S/C14H27N3O2S/c1-6-11(4)12(5)17-20(18,19)14-7-13(16-9-14)8-15-10(2)3/h7,9-12,15-17H,6,8H2,1-5H3. The van der Waals surface area contributed by atoms with Gasteiger partial charge in [0.1, 0.15) is 0 Å². The van der Waals surface area contributed by atoms with Crippen LogP contribution in [0.3, 0.4) is 0 Å². The minimum absolute atomic E-state index is 0.0721. The Bertz CT molecular complexity index is 508. The number of sulfonamides is 1. The molecule has 0 spiro atoms. The number of hydrogen-bond donors (Lipinski definition) is 3. The quantitative estimate of drug-likeness (QED) is 0.689. The maximum absolute atomic E-state index is 12.3. The van der Waals surface area contributed by atoms with E-state index in [0.29, 0.717) is 23.4 Å². The van der Waals surface area contributed by atoms with Gasteiger partial charge in [-0.3, -0.25) is 0 Å². The molecule has 0 fully saturated rings. The van der Waals surface area contributed by atoms with Gasteiger partial charge in [-0.25, -0.2) is 13.1 Å². The molecule has 2 unspecified atom stereocenters. The van der Waals surface area contributed by atoms with Gasteiger partial charge in [-0.1, -0.05) is 34.1 Å². The highest BCUT2D eigenvalue weighted by molar-refractivity contribution is 7.89. The molecule has 3 N–H and O–H groups in total. The van der Waals surface area contributed by atoms with Gasteiger partial charge in [0.2, 0.25) is 10.0 Å². The van der Waals surface area contributed by atoms with Crippen molar-refractivity contribution < 1.29 is 8.42 Å². The van der Waals surface area contributed by atoms with E-state index in [-0.39, 0.29) is 6.04 Å². The molecule has 1 aromatic rings. The van der Waals surface area contributed by atoms with Gasteiger partial charge in [0, 0.05) is 30.5 Å². The van der Waals surface area contributed by atoms with Crippen LogP contribution in [0.4, 0.5) is 0 Å². The van der Waals surface area contributed by atoms with Gasteiger partial charge in [0.25, 0.3) is 0 Å². The van der Waals surface area contributed by atoms with Crippen molar-refractivity contribution >= 4 is 10.0 Å². The summed E-state index contributed by atoms with van der Waals surface area (Å²) < 4.78 is 27.3. The molecule has 0 bridgehead atoms. The fraction of sp³-hybridized carbons (Fsp3) is 0.714. The number of H-pyrrole nitrogens is 1. The maximum Gasteiger partial charge on any atom is 0.242 e. The topological polar surface area (TPSA) is 74.0 Å². The van der Waals surface area contributed by atoms with Gasteiger partial charge >= 0.3 is 0 Å². The molecule has 0 amide bonds. The van der Waals surface area contributed by atoms with Crippen LogP contribution < -0.4 is 10.0 Å². The van der Waals surface area contributed by atoms with E-state index >= 15 is 0 Å². The molecule has 0 aromatic carbocycles. The lowest BCUT2D eigenvalue weighted by Crippen LogP contribution is -2.36. The Kier molecular flexibility index (Phi) is 6.23. The fourth-order valence-electron chi connectivity index (χ4n) is 1.77. The predicted octanol–water partition coefficient (Wildman–Crippen LogP) is 2.23. The molecule has 20 heavy (non-hydrogen) atoms. The van der Waals surface area contributed by atoms with Crippen molar-refractivity contribution in [1.29, 1.82) is 0 Å². The number of aromatic nitrogens is 1. The molecule has 1 heterocycles. The highest BCUT2D eigenvalue weighted by atomic mass is 32.2. The fourth-order valence-corrected chi connectivity index (χ4v) is 3.14. The van der Waals surface area contributed by atoms with Crippen LogP contribution in [0, 0.1) is 5.92 Å². The van der Waals surface area contributed by atoms with Crippen LogP contribution in [0.15, 0.2) is 17.2 Å². The van der Waals surface area contributed by atoms with Crippen molar-refractivity contribution in [1.82, 2.24) is 15.0 Å². The number of nitrogens with one attached hydrogen (secondary N) is 3. The van der Waals surface area contributed by atoms with Crippen molar-refractivity contribution in [3.8, 4) is 0 Å². The first kappa shape index (κ1) is 17.2. The summed E-state index contributed by atoms with van der Waals surface area (Å²) in [5, 5.41) is 3.25. The number of hydrogen-bond acceptors (Lipinski definition) is 3. The molecule has 1 rings (SSSR count). The zero-order valence-electron chi connectivity index (χ0n) is 13.0. The number of aromatic amines is 1. The minimum Gasteiger partial charge on any atom is -0.363 e. The summed E-state index contributed by atoms with van der Waals surface area (Å²) in [7, 11) is -3.44. The van der Waals surface area contributed by atoms with E-state index in [9.17, 15) is 8.42 Å². The Balaban J connectivity index is 2.73. The van der Waals surface area contributed by atoms with Gasteiger partial charge in [0.15, 0.2) is 0 Å². The van der Waals surface area contributed by atoms with Crippen molar-refractivity contribution in [3.63, 3.8) is 0 Å². The maximum atomic E-state index is 12.3. The van der Waals surface area contributed by atoms with Crippen molar-refractivity contribution in [2.24, 2.45) is 5.92 Å². The van der Waals surface area contributed by atoms with Crippen molar-refractivity contribution in [2.45, 2.75) is 64.6 Å². The Morgan fingerprint density at radius 3 is 2.45 bits per heavy atom. The molecule has 1 aromatic heterocycles. The number of rotatable bonds is 8. The Labute approximate surface area is 122 Å². The monoisotopic (exact) mass is 301 g/mol. The lowest BCUT2D eigenvalue weighted by molar-refractivity contribution is 0.434. The summed E-state index contributed by atoms with van der Waals surface area (Å²) in [5.41, 5.74) is 0.871. The summed E-state index contributed by atoms with van der Waals surface area (Å²) in [6.45, 7) is 10.7. The lowest BCUT2D eigenvalue weighted by Gasteiger charge is -2.19. The van der Waals surface area contributed by atoms with E-state index in [1.54, 1.807) is 12.3 Å². The van der Waals surface area contributed by atoms with Crippen LogP contribution in [-0.2, 0) is 16.6 Å². The highest BCUT2D eigenvalue weighted by Crippen LogP contribution is 2.14. The van der Waals surface area contributed by atoms with Gasteiger partial charge in [0.05, 0.1) is 4.90 Å². The van der Waals surface area contributed by atoms with E-state index in [1.807, 2.05) is 13.8 Å². The second-order valence-corrected chi connectivity index (χ2v) is 7.41. The second-order valence-electron chi connectivity index (χ2n) is 5.69. The van der Waals surface area contributed by atoms with Crippen LogP contribution in [0.5, 0.6) is 0 Å². The first-order chi connectivity index (χ1) is 9.26. The van der Waals surface area contributed by atoms with Gasteiger partial charge in [-0.15, -0.1) is 0 Å². The molecule has 116 valence electrons. The van der Waals surface area contributed by atoms with E-state index in [2.05, 4.69) is 35.8 Å². The average molecular weight is 301 g/mol.